The van der Waals surface area contributed by atoms with E-state index >= 15 is 0 Å². The molecule has 0 spiro atoms. The van der Waals surface area contributed by atoms with E-state index < -0.39 is 10.0 Å². The van der Waals surface area contributed by atoms with Gasteiger partial charge in [-0.1, -0.05) is 17.4 Å². The molecule has 1 amide bonds. The van der Waals surface area contributed by atoms with E-state index in [1.807, 2.05) is 26.0 Å². The SMILES string of the molecule is COc1ccc(S(=O)(=O)N2CCC(C(=O)N(Cc3ccco3)c3nc4c(C)c(C)ccc4s3)CC2)cc1. The standard InChI is InChI=1S/C27H29N3O5S2/c1-18-6-11-24-25(19(18)2)28-27(36-24)30(17-22-5-4-16-35-22)26(31)20-12-14-29(15-13-20)37(32,33)23-9-7-21(34-3)8-10-23/h4-11,16,20H,12-15,17H2,1-3H3. The molecule has 1 saturated heterocycles. The van der Waals surface area contributed by atoms with Crippen molar-refractivity contribution < 1.29 is 22.4 Å². The molecule has 0 atom stereocenters. The van der Waals surface area contributed by atoms with Crippen LogP contribution in [-0.4, -0.2) is 43.8 Å². The zero-order chi connectivity index (χ0) is 26.2. The number of thiazole rings is 1. The maximum atomic E-state index is 13.8. The van der Waals surface area contributed by atoms with Crippen LogP contribution in [0.4, 0.5) is 5.13 Å². The summed E-state index contributed by atoms with van der Waals surface area (Å²) in [6.07, 6.45) is 2.46. The molecule has 4 aromatic rings. The molecule has 0 bridgehead atoms. The van der Waals surface area contributed by atoms with E-state index in [4.69, 9.17) is 14.1 Å². The second-order valence-electron chi connectivity index (χ2n) is 9.21. The fraction of sp³-hybridized carbons (Fsp3) is 0.333. The summed E-state index contributed by atoms with van der Waals surface area (Å²) in [5, 5.41) is 0.624. The first kappa shape index (κ1) is 25.4. The summed E-state index contributed by atoms with van der Waals surface area (Å²) in [6.45, 7) is 4.91. The number of rotatable bonds is 7. The summed E-state index contributed by atoms with van der Waals surface area (Å²) >= 11 is 1.48. The van der Waals surface area contributed by atoms with Crippen molar-refractivity contribution in [2.24, 2.45) is 5.92 Å². The lowest BCUT2D eigenvalue weighted by Gasteiger charge is -2.32. The van der Waals surface area contributed by atoms with Crippen molar-refractivity contribution in [3.63, 3.8) is 0 Å². The van der Waals surface area contributed by atoms with Crippen LogP contribution in [-0.2, 0) is 21.4 Å². The average Bonchev–Trinajstić information content (AvgIpc) is 3.59. The van der Waals surface area contributed by atoms with Crippen molar-refractivity contribution in [3.8, 4) is 5.75 Å². The summed E-state index contributed by atoms with van der Waals surface area (Å²) in [6, 6.07) is 14.1. The highest BCUT2D eigenvalue weighted by Crippen LogP contribution is 2.35. The lowest BCUT2D eigenvalue weighted by Crippen LogP contribution is -2.44. The molecule has 1 aliphatic rings. The van der Waals surface area contributed by atoms with E-state index in [9.17, 15) is 13.2 Å². The van der Waals surface area contributed by atoms with Crippen LogP contribution in [0.15, 0.2) is 64.1 Å². The molecule has 0 saturated carbocycles. The van der Waals surface area contributed by atoms with Gasteiger partial charge in [0.25, 0.3) is 0 Å². The molecule has 5 rings (SSSR count). The van der Waals surface area contributed by atoms with Gasteiger partial charge >= 0.3 is 0 Å². The Balaban J connectivity index is 1.36. The predicted molar refractivity (Wildman–Crippen MR) is 143 cm³/mol. The second-order valence-corrected chi connectivity index (χ2v) is 12.2. The highest BCUT2D eigenvalue weighted by atomic mass is 32.2. The molecule has 3 heterocycles. The van der Waals surface area contributed by atoms with E-state index in [-0.39, 0.29) is 36.4 Å². The smallest absolute Gasteiger partial charge is 0.243 e. The van der Waals surface area contributed by atoms with Crippen molar-refractivity contribution in [3.05, 3.63) is 71.7 Å². The number of nitrogens with zero attached hydrogens (tertiary/aromatic N) is 3. The van der Waals surface area contributed by atoms with Gasteiger partial charge in [-0.05, 0) is 80.3 Å². The Labute approximate surface area is 220 Å². The molecule has 2 aromatic heterocycles. The van der Waals surface area contributed by atoms with Crippen LogP contribution >= 0.6 is 11.3 Å². The third-order valence-corrected chi connectivity index (χ3v) is 9.92. The predicted octanol–water partition coefficient (Wildman–Crippen LogP) is 5.15. The van der Waals surface area contributed by atoms with Crippen LogP contribution in [0.25, 0.3) is 10.2 Å². The fourth-order valence-electron chi connectivity index (χ4n) is 4.59. The summed E-state index contributed by atoms with van der Waals surface area (Å²) in [5.74, 6) is 0.888. The van der Waals surface area contributed by atoms with Gasteiger partial charge < -0.3 is 9.15 Å². The Kier molecular flexibility index (Phi) is 7.06. The molecule has 0 N–H and O–H groups in total. The molecule has 194 valence electrons. The summed E-state index contributed by atoms with van der Waals surface area (Å²) in [7, 11) is -2.11. The first-order valence-corrected chi connectivity index (χ1v) is 14.4. The largest absolute Gasteiger partial charge is 0.497 e. The first-order valence-electron chi connectivity index (χ1n) is 12.1. The maximum absolute atomic E-state index is 13.8. The van der Waals surface area contributed by atoms with Gasteiger partial charge in [0, 0.05) is 19.0 Å². The monoisotopic (exact) mass is 539 g/mol. The van der Waals surface area contributed by atoms with Crippen molar-refractivity contribution in [1.29, 1.82) is 0 Å². The van der Waals surface area contributed by atoms with Gasteiger partial charge in [0.05, 0.1) is 35.0 Å². The van der Waals surface area contributed by atoms with Crippen LogP contribution in [0.1, 0.15) is 29.7 Å². The van der Waals surface area contributed by atoms with E-state index in [2.05, 4.69) is 6.07 Å². The fourth-order valence-corrected chi connectivity index (χ4v) is 7.09. The van der Waals surface area contributed by atoms with Crippen LogP contribution in [0.3, 0.4) is 0 Å². The van der Waals surface area contributed by atoms with Crippen LogP contribution < -0.4 is 9.64 Å². The summed E-state index contributed by atoms with van der Waals surface area (Å²) in [4.78, 5) is 20.6. The highest BCUT2D eigenvalue weighted by Gasteiger charge is 2.35. The number of carbonyl (C=O) groups excluding carboxylic acids is 1. The molecule has 10 heteroatoms. The molecular formula is C27H29N3O5S2. The van der Waals surface area contributed by atoms with Crippen molar-refractivity contribution >= 4 is 42.6 Å². The van der Waals surface area contributed by atoms with Gasteiger partial charge in [0.15, 0.2) is 5.13 Å². The molecule has 0 radical (unpaired) electrons. The molecule has 1 aliphatic heterocycles. The molecule has 0 unspecified atom stereocenters. The Morgan fingerprint density at radius 2 is 1.86 bits per heavy atom. The number of furan rings is 1. The zero-order valence-electron chi connectivity index (χ0n) is 21.0. The quantitative estimate of drug-likeness (QED) is 0.323. The number of hydrogen-bond donors (Lipinski definition) is 0. The lowest BCUT2D eigenvalue weighted by atomic mass is 9.96. The number of hydrogen-bond acceptors (Lipinski definition) is 7. The number of carbonyl (C=O) groups is 1. The second kappa shape index (κ2) is 10.3. The number of ether oxygens (including phenoxy) is 1. The molecule has 8 nitrogen and oxygen atoms in total. The zero-order valence-corrected chi connectivity index (χ0v) is 22.6. The average molecular weight is 540 g/mol. The highest BCUT2D eigenvalue weighted by molar-refractivity contribution is 7.89. The van der Waals surface area contributed by atoms with Crippen molar-refractivity contribution in [1.82, 2.24) is 9.29 Å². The van der Waals surface area contributed by atoms with E-state index in [0.29, 0.717) is 29.5 Å². The number of benzene rings is 2. The Hall–Kier alpha value is -3.21. The van der Waals surface area contributed by atoms with Gasteiger partial charge in [-0.15, -0.1) is 0 Å². The van der Waals surface area contributed by atoms with E-state index in [0.717, 1.165) is 21.3 Å². The van der Waals surface area contributed by atoms with Gasteiger partial charge in [-0.2, -0.15) is 4.31 Å². The minimum absolute atomic E-state index is 0.0636. The van der Waals surface area contributed by atoms with Gasteiger partial charge in [-0.25, -0.2) is 13.4 Å². The number of anilines is 1. The minimum Gasteiger partial charge on any atom is -0.497 e. The third-order valence-electron chi connectivity index (χ3n) is 6.96. The van der Waals surface area contributed by atoms with E-state index in [1.54, 1.807) is 41.5 Å². The van der Waals surface area contributed by atoms with Crippen molar-refractivity contribution in [2.75, 3.05) is 25.1 Å². The summed E-state index contributed by atoms with van der Waals surface area (Å²) < 4.78 is 39.5. The molecule has 1 fully saturated rings. The topological polar surface area (TPSA) is 93.0 Å². The van der Waals surface area contributed by atoms with Gasteiger partial charge in [0.2, 0.25) is 15.9 Å². The minimum atomic E-state index is -3.65. The number of amides is 1. The number of piperidine rings is 1. The van der Waals surface area contributed by atoms with Gasteiger partial charge in [0.1, 0.15) is 11.5 Å². The third kappa shape index (κ3) is 5.01. The first-order chi connectivity index (χ1) is 17.8. The molecule has 2 aromatic carbocycles. The molecule has 0 aliphatic carbocycles. The number of sulfonamides is 1. The van der Waals surface area contributed by atoms with Crippen LogP contribution in [0, 0.1) is 19.8 Å². The lowest BCUT2D eigenvalue weighted by molar-refractivity contribution is -0.123. The summed E-state index contributed by atoms with van der Waals surface area (Å²) in [5.41, 5.74) is 3.15. The van der Waals surface area contributed by atoms with Crippen LogP contribution in [0.2, 0.25) is 0 Å². The molecule has 37 heavy (non-hydrogen) atoms. The number of aryl methyl sites for hydroxylation is 2. The van der Waals surface area contributed by atoms with Crippen LogP contribution in [0.5, 0.6) is 5.75 Å². The van der Waals surface area contributed by atoms with E-state index in [1.165, 1.54) is 22.8 Å². The van der Waals surface area contributed by atoms with Gasteiger partial charge in [-0.3, -0.25) is 9.69 Å². The van der Waals surface area contributed by atoms with Crippen molar-refractivity contribution in [2.45, 2.75) is 38.1 Å². The number of aromatic nitrogens is 1. The number of methoxy groups -OCH3 is 1. The Morgan fingerprint density at radius 3 is 2.51 bits per heavy atom. The Morgan fingerprint density at radius 1 is 1.14 bits per heavy atom. The molecular weight excluding hydrogens is 510 g/mol. The number of fused-ring (bicyclic) bond motifs is 1. The normalized spacial score (nSPS) is 15.2. The Bertz CT molecular complexity index is 1500. The maximum Gasteiger partial charge on any atom is 0.243 e.